The first kappa shape index (κ1) is 11.8. The van der Waals surface area contributed by atoms with Crippen molar-refractivity contribution in [3.63, 3.8) is 0 Å². The van der Waals surface area contributed by atoms with Crippen LogP contribution in [0.2, 0.25) is 0 Å². The van der Waals surface area contributed by atoms with E-state index in [0.717, 1.165) is 22.6 Å². The largest absolute Gasteiger partial charge is 0.495 e. The Labute approximate surface area is 101 Å². The van der Waals surface area contributed by atoms with Gasteiger partial charge in [0.05, 0.1) is 18.7 Å². The minimum absolute atomic E-state index is 0.0117. The molecular weight excluding hydrogens is 218 g/mol. The van der Waals surface area contributed by atoms with Gasteiger partial charge in [-0.15, -0.1) is 0 Å². The quantitative estimate of drug-likeness (QED) is 0.843. The van der Waals surface area contributed by atoms with Gasteiger partial charge in [0.25, 0.3) is 0 Å². The Hall–Kier alpha value is -1.71. The molecule has 1 aromatic carbocycles. The third kappa shape index (κ3) is 1.84. The number of carboxylic acids is 1. The van der Waals surface area contributed by atoms with Crippen LogP contribution >= 0.6 is 0 Å². The Morgan fingerprint density at radius 1 is 1.59 bits per heavy atom. The third-order valence-electron chi connectivity index (χ3n) is 3.51. The maximum absolute atomic E-state index is 11.1. The zero-order chi connectivity index (χ0) is 12.6. The number of methoxy groups -OCH3 is 1. The maximum Gasteiger partial charge on any atom is 0.306 e. The fourth-order valence-corrected chi connectivity index (χ4v) is 2.45. The molecule has 0 aromatic heterocycles. The first-order valence-corrected chi connectivity index (χ1v) is 5.70. The molecule has 2 unspecified atom stereocenters. The summed E-state index contributed by atoms with van der Waals surface area (Å²) in [6.07, 6.45) is 0. The van der Waals surface area contributed by atoms with Crippen molar-refractivity contribution in [1.29, 1.82) is 0 Å². The maximum atomic E-state index is 11.1. The lowest BCUT2D eigenvalue weighted by molar-refractivity contribution is -0.141. The van der Waals surface area contributed by atoms with Gasteiger partial charge in [-0.2, -0.15) is 0 Å². The predicted octanol–water partition coefficient (Wildman–Crippen LogP) is 2.23. The van der Waals surface area contributed by atoms with E-state index >= 15 is 0 Å². The second-order valence-electron chi connectivity index (χ2n) is 4.49. The van der Waals surface area contributed by atoms with Crippen molar-refractivity contribution < 1.29 is 14.6 Å². The Morgan fingerprint density at radius 2 is 2.29 bits per heavy atom. The van der Waals surface area contributed by atoms with Crippen molar-refractivity contribution >= 4 is 11.7 Å². The Kier molecular flexibility index (Phi) is 2.96. The highest BCUT2D eigenvalue weighted by atomic mass is 16.5. The minimum Gasteiger partial charge on any atom is -0.495 e. The van der Waals surface area contributed by atoms with Gasteiger partial charge >= 0.3 is 5.97 Å². The lowest BCUT2D eigenvalue weighted by atomic mass is 9.86. The molecule has 0 fully saturated rings. The van der Waals surface area contributed by atoms with Gasteiger partial charge in [0.1, 0.15) is 5.75 Å². The molecule has 17 heavy (non-hydrogen) atoms. The molecule has 1 aromatic rings. The van der Waals surface area contributed by atoms with Gasteiger partial charge in [-0.05, 0) is 24.1 Å². The van der Waals surface area contributed by atoms with Crippen LogP contribution in [0.25, 0.3) is 0 Å². The molecule has 0 saturated carbocycles. The van der Waals surface area contributed by atoms with Crippen molar-refractivity contribution in [2.45, 2.75) is 19.8 Å². The molecule has 0 bridgehead atoms. The molecule has 2 atom stereocenters. The topological polar surface area (TPSA) is 58.6 Å². The van der Waals surface area contributed by atoms with Crippen LogP contribution in [0.5, 0.6) is 5.75 Å². The van der Waals surface area contributed by atoms with Gasteiger partial charge in [0.2, 0.25) is 0 Å². The van der Waals surface area contributed by atoms with Crippen LogP contribution in [0, 0.1) is 12.8 Å². The summed E-state index contributed by atoms with van der Waals surface area (Å²) in [5.41, 5.74) is 3.15. The molecule has 0 spiro atoms. The lowest BCUT2D eigenvalue weighted by Crippen LogP contribution is -2.20. The van der Waals surface area contributed by atoms with Gasteiger partial charge in [-0.25, -0.2) is 0 Å². The fraction of sp³-hybridized carbons (Fsp3) is 0.462. The van der Waals surface area contributed by atoms with Crippen molar-refractivity contribution in [1.82, 2.24) is 0 Å². The normalized spacial score (nSPS) is 19.4. The van der Waals surface area contributed by atoms with Crippen molar-refractivity contribution in [2.24, 2.45) is 5.92 Å². The summed E-state index contributed by atoms with van der Waals surface area (Å²) in [5.74, 6) is -0.357. The van der Waals surface area contributed by atoms with Gasteiger partial charge in [-0.3, -0.25) is 4.79 Å². The number of anilines is 1. The summed E-state index contributed by atoms with van der Waals surface area (Å²) in [6, 6.07) is 3.89. The third-order valence-corrected chi connectivity index (χ3v) is 3.51. The van der Waals surface area contributed by atoms with Crippen LogP contribution in [0.1, 0.15) is 24.0 Å². The van der Waals surface area contributed by atoms with E-state index < -0.39 is 11.9 Å². The number of rotatable bonds is 3. The van der Waals surface area contributed by atoms with Gasteiger partial charge in [0, 0.05) is 12.5 Å². The molecule has 92 valence electrons. The highest BCUT2D eigenvalue weighted by Gasteiger charge is 2.33. The number of benzene rings is 1. The van der Waals surface area contributed by atoms with Crippen LogP contribution in [0.3, 0.4) is 0 Å². The van der Waals surface area contributed by atoms with E-state index in [1.54, 1.807) is 14.0 Å². The van der Waals surface area contributed by atoms with Crippen LogP contribution in [-0.2, 0) is 4.79 Å². The van der Waals surface area contributed by atoms with Crippen molar-refractivity contribution in [3.05, 3.63) is 23.3 Å². The molecule has 1 aliphatic rings. The summed E-state index contributed by atoms with van der Waals surface area (Å²) in [4.78, 5) is 11.1. The van der Waals surface area contributed by atoms with Crippen LogP contribution < -0.4 is 10.1 Å². The van der Waals surface area contributed by atoms with Crippen molar-refractivity contribution in [2.75, 3.05) is 19.0 Å². The molecule has 0 amide bonds. The van der Waals surface area contributed by atoms with Crippen LogP contribution in [0.15, 0.2) is 12.1 Å². The zero-order valence-corrected chi connectivity index (χ0v) is 10.3. The summed E-state index contributed by atoms with van der Waals surface area (Å²) < 4.78 is 5.29. The number of aryl methyl sites for hydroxylation is 1. The number of nitrogens with one attached hydrogen (secondary N) is 1. The summed E-state index contributed by atoms with van der Waals surface area (Å²) in [5, 5.41) is 12.4. The van der Waals surface area contributed by atoms with Gasteiger partial charge in [0.15, 0.2) is 0 Å². The average Bonchev–Trinajstić information content (AvgIpc) is 2.74. The number of hydrogen-bond acceptors (Lipinski definition) is 3. The SMILES string of the molecule is COc1ccc(C)c2c1NCC2C(C)C(=O)O. The first-order chi connectivity index (χ1) is 8.06. The number of fused-ring (bicyclic) bond motifs is 1. The second-order valence-corrected chi connectivity index (χ2v) is 4.49. The number of carbonyl (C=O) groups is 1. The van der Waals surface area contributed by atoms with E-state index in [9.17, 15) is 4.79 Å². The Bertz CT molecular complexity index is 456. The van der Waals surface area contributed by atoms with E-state index in [2.05, 4.69) is 5.32 Å². The molecule has 4 heteroatoms. The molecule has 2 rings (SSSR count). The number of hydrogen-bond donors (Lipinski definition) is 2. The molecule has 0 saturated heterocycles. The minimum atomic E-state index is -0.758. The van der Waals surface area contributed by atoms with E-state index in [0.29, 0.717) is 6.54 Å². The zero-order valence-electron chi connectivity index (χ0n) is 10.3. The first-order valence-electron chi connectivity index (χ1n) is 5.70. The average molecular weight is 235 g/mol. The standard InChI is InChI=1S/C13H17NO3/c1-7-4-5-10(17-3)12-11(7)9(6-14-12)8(2)13(15)16/h4-5,8-9,14H,6H2,1-3H3,(H,15,16). The van der Waals surface area contributed by atoms with Gasteiger partial charge < -0.3 is 15.2 Å². The molecular formula is C13H17NO3. The number of ether oxygens (including phenoxy) is 1. The van der Waals surface area contributed by atoms with E-state index in [4.69, 9.17) is 9.84 Å². The Balaban J connectivity index is 2.47. The second kappa shape index (κ2) is 4.28. The molecule has 1 heterocycles. The van der Waals surface area contributed by atoms with Gasteiger partial charge in [-0.1, -0.05) is 13.0 Å². The molecule has 2 N–H and O–H groups in total. The summed E-state index contributed by atoms with van der Waals surface area (Å²) in [6.45, 7) is 4.42. The summed E-state index contributed by atoms with van der Waals surface area (Å²) >= 11 is 0. The number of carboxylic acid groups (broad SMARTS) is 1. The molecule has 4 nitrogen and oxygen atoms in total. The van der Waals surface area contributed by atoms with Crippen LogP contribution in [0.4, 0.5) is 5.69 Å². The van der Waals surface area contributed by atoms with E-state index in [-0.39, 0.29) is 5.92 Å². The molecule has 1 aliphatic heterocycles. The predicted molar refractivity (Wildman–Crippen MR) is 65.8 cm³/mol. The lowest BCUT2D eigenvalue weighted by Gasteiger charge is -2.17. The smallest absolute Gasteiger partial charge is 0.306 e. The Morgan fingerprint density at radius 3 is 2.88 bits per heavy atom. The van der Waals surface area contributed by atoms with Crippen LogP contribution in [-0.4, -0.2) is 24.7 Å². The monoisotopic (exact) mass is 235 g/mol. The number of aliphatic carboxylic acids is 1. The molecule has 0 aliphatic carbocycles. The highest BCUT2D eigenvalue weighted by Crippen LogP contribution is 2.43. The summed E-state index contributed by atoms with van der Waals surface area (Å²) in [7, 11) is 1.63. The fourth-order valence-electron chi connectivity index (χ4n) is 2.45. The van der Waals surface area contributed by atoms with E-state index in [1.807, 2.05) is 19.1 Å². The molecule has 0 radical (unpaired) electrons. The highest BCUT2D eigenvalue weighted by molar-refractivity contribution is 5.76. The van der Waals surface area contributed by atoms with E-state index in [1.165, 1.54) is 0 Å². The van der Waals surface area contributed by atoms with Crippen molar-refractivity contribution in [3.8, 4) is 5.75 Å².